The third kappa shape index (κ3) is 5.16. The lowest BCUT2D eigenvalue weighted by Gasteiger charge is -2.09. The molecule has 0 aliphatic carbocycles. The summed E-state index contributed by atoms with van der Waals surface area (Å²) >= 11 is 0. The number of nitrogens with zero attached hydrogens (tertiary/aromatic N) is 4. The smallest absolute Gasteiger partial charge is 0.277 e. The molecule has 0 radical (unpaired) electrons. The second kappa shape index (κ2) is 8.83. The van der Waals surface area contributed by atoms with Crippen LogP contribution in [0.25, 0.3) is 0 Å². The van der Waals surface area contributed by atoms with Crippen LogP contribution in [0, 0.1) is 19.7 Å². The number of hydrogen-bond donors (Lipinski definition) is 1. The largest absolute Gasteiger partial charge is 0.471 e. The van der Waals surface area contributed by atoms with Crippen LogP contribution in [0.1, 0.15) is 27.2 Å². The van der Waals surface area contributed by atoms with Crippen LogP contribution in [0.15, 0.2) is 67.0 Å². The zero-order chi connectivity index (χ0) is 21.8. The predicted molar refractivity (Wildman–Crippen MR) is 114 cm³/mol. The van der Waals surface area contributed by atoms with Crippen LogP contribution < -0.4 is 10.1 Å². The number of benzene rings is 2. The van der Waals surface area contributed by atoms with Gasteiger partial charge in [-0.1, -0.05) is 29.8 Å². The normalized spacial score (nSPS) is 10.8. The summed E-state index contributed by atoms with van der Waals surface area (Å²) in [5, 5.41) is 11.3. The molecule has 0 saturated carbocycles. The number of hydrogen-bond acceptors (Lipinski definition) is 4. The Balaban J connectivity index is 1.34. The molecule has 0 bridgehead atoms. The van der Waals surface area contributed by atoms with Gasteiger partial charge in [-0.05, 0) is 49.2 Å². The molecule has 8 heteroatoms. The van der Waals surface area contributed by atoms with Gasteiger partial charge >= 0.3 is 0 Å². The first-order chi connectivity index (χ1) is 15.0. The molecule has 0 aliphatic heterocycles. The van der Waals surface area contributed by atoms with Crippen molar-refractivity contribution in [3.8, 4) is 5.75 Å². The minimum Gasteiger partial charge on any atom is -0.471 e. The number of amides is 1. The first kappa shape index (κ1) is 20.3. The molecule has 0 atom stereocenters. The molecule has 0 aliphatic rings. The summed E-state index contributed by atoms with van der Waals surface area (Å²) in [4.78, 5) is 12.5. The zero-order valence-electron chi connectivity index (χ0n) is 17.2. The summed E-state index contributed by atoms with van der Waals surface area (Å²) in [7, 11) is 0. The predicted octanol–water partition coefficient (Wildman–Crippen LogP) is 4.17. The van der Waals surface area contributed by atoms with Gasteiger partial charge in [0.05, 0.1) is 6.54 Å². The molecule has 0 fully saturated rings. The van der Waals surface area contributed by atoms with E-state index in [0.717, 1.165) is 16.9 Å². The summed E-state index contributed by atoms with van der Waals surface area (Å²) in [5.41, 5.74) is 3.24. The molecule has 4 rings (SSSR count). The quantitative estimate of drug-likeness (QED) is 0.488. The van der Waals surface area contributed by atoms with Crippen molar-refractivity contribution in [3.05, 3.63) is 95.2 Å². The number of halogens is 1. The number of nitrogens with one attached hydrogen (secondary N) is 1. The maximum Gasteiger partial charge on any atom is 0.277 e. The molecule has 0 spiro atoms. The van der Waals surface area contributed by atoms with Gasteiger partial charge in [0.1, 0.15) is 11.6 Å². The van der Waals surface area contributed by atoms with Gasteiger partial charge in [0.25, 0.3) is 5.91 Å². The van der Waals surface area contributed by atoms with E-state index in [1.807, 2.05) is 38.1 Å². The van der Waals surface area contributed by atoms with Crippen LogP contribution in [-0.4, -0.2) is 25.5 Å². The van der Waals surface area contributed by atoms with E-state index in [2.05, 4.69) is 15.5 Å². The SMILES string of the molecule is Cc1ccc(OCn2ccc(C(=O)Nc3ccn(Cc4cccc(F)c4)n3)n2)c(C)c1. The van der Waals surface area contributed by atoms with E-state index >= 15 is 0 Å². The summed E-state index contributed by atoms with van der Waals surface area (Å²) in [5.74, 6) is 0.495. The van der Waals surface area contributed by atoms with E-state index in [1.165, 1.54) is 17.7 Å². The maximum absolute atomic E-state index is 13.3. The van der Waals surface area contributed by atoms with Crippen molar-refractivity contribution in [2.75, 3.05) is 5.32 Å². The van der Waals surface area contributed by atoms with E-state index in [-0.39, 0.29) is 24.1 Å². The van der Waals surface area contributed by atoms with Gasteiger partial charge in [0, 0.05) is 18.5 Å². The molecule has 1 amide bonds. The molecule has 0 unspecified atom stereocenters. The Bertz CT molecular complexity index is 1210. The highest BCUT2D eigenvalue weighted by Crippen LogP contribution is 2.19. The first-order valence-electron chi connectivity index (χ1n) is 9.79. The van der Waals surface area contributed by atoms with Crippen LogP contribution >= 0.6 is 0 Å². The van der Waals surface area contributed by atoms with Crippen molar-refractivity contribution < 1.29 is 13.9 Å². The van der Waals surface area contributed by atoms with Gasteiger partial charge < -0.3 is 10.1 Å². The fourth-order valence-corrected chi connectivity index (χ4v) is 3.17. The van der Waals surface area contributed by atoms with Gasteiger partial charge in [0.2, 0.25) is 0 Å². The number of aromatic nitrogens is 4. The van der Waals surface area contributed by atoms with E-state index in [9.17, 15) is 9.18 Å². The molecule has 31 heavy (non-hydrogen) atoms. The van der Waals surface area contributed by atoms with Crippen LogP contribution in [0.5, 0.6) is 5.75 Å². The summed E-state index contributed by atoms with van der Waals surface area (Å²) < 4.78 is 22.3. The van der Waals surface area contributed by atoms with Crippen molar-refractivity contribution in [2.45, 2.75) is 27.1 Å². The topological polar surface area (TPSA) is 74.0 Å². The zero-order valence-corrected chi connectivity index (χ0v) is 17.2. The Morgan fingerprint density at radius 3 is 2.68 bits per heavy atom. The monoisotopic (exact) mass is 419 g/mol. The molecule has 0 saturated heterocycles. The minimum atomic E-state index is -0.374. The van der Waals surface area contributed by atoms with Crippen molar-refractivity contribution in [2.24, 2.45) is 0 Å². The molecule has 2 heterocycles. The Morgan fingerprint density at radius 1 is 1.03 bits per heavy atom. The van der Waals surface area contributed by atoms with Crippen LogP contribution in [0.2, 0.25) is 0 Å². The van der Waals surface area contributed by atoms with E-state index < -0.39 is 0 Å². The average molecular weight is 419 g/mol. The highest BCUT2D eigenvalue weighted by Gasteiger charge is 2.12. The number of aryl methyl sites for hydroxylation is 2. The summed E-state index contributed by atoms with van der Waals surface area (Å²) in [6.45, 7) is 4.61. The number of carbonyl (C=O) groups is 1. The summed E-state index contributed by atoms with van der Waals surface area (Å²) in [6.07, 6.45) is 3.40. The van der Waals surface area contributed by atoms with Gasteiger partial charge in [-0.2, -0.15) is 10.2 Å². The Labute approximate surface area is 179 Å². The fourth-order valence-electron chi connectivity index (χ4n) is 3.17. The number of rotatable bonds is 7. The molecule has 2 aromatic heterocycles. The number of anilines is 1. The Hall–Kier alpha value is -3.94. The van der Waals surface area contributed by atoms with Gasteiger partial charge in [0.15, 0.2) is 18.2 Å². The lowest BCUT2D eigenvalue weighted by Crippen LogP contribution is -2.15. The summed E-state index contributed by atoms with van der Waals surface area (Å²) in [6, 6.07) is 15.6. The molecule has 158 valence electrons. The lowest BCUT2D eigenvalue weighted by atomic mass is 10.1. The minimum absolute atomic E-state index is 0.194. The number of ether oxygens (including phenoxy) is 1. The highest BCUT2D eigenvalue weighted by molar-refractivity contribution is 6.02. The van der Waals surface area contributed by atoms with Crippen molar-refractivity contribution in [1.82, 2.24) is 19.6 Å². The third-order valence-electron chi connectivity index (χ3n) is 4.67. The second-order valence-electron chi connectivity index (χ2n) is 7.27. The van der Waals surface area contributed by atoms with Crippen molar-refractivity contribution >= 4 is 11.7 Å². The third-order valence-corrected chi connectivity index (χ3v) is 4.67. The maximum atomic E-state index is 13.3. The Morgan fingerprint density at radius 2 is 1.87 bits per heavy atom. The van der Waals surface area contributed by atoms with Crippen LogP contribution in [-0.2, 0) is 13.3 Å². The molecule has 2 aromatic carbocycles. The van der Waals surface area contributed by atoms with Crippen LogP contribution in [0.4, 0.5) is 10.2 Å². The number of carbonyl (C=O) groups excluding carboxylic acids is 1. The second-order valence-corrected chi connectivity index (χ2v) is 7.27. The lowest BCUT2D eigenvalue weighted by molar-refractivity contribution is 0.101. The van der Waals surface area contributed by atoms with Crippen molar-refractivity contribution in [3.63, 3.8) is 0 Å². The average Bonchev–Trinajstić information content (AvgIpc) is 3.37. The Kier molecular flexibility index (Phi) is 5.79. The van der Waals surface area contributed by atoms with E-state index in [4.69, 9.17) is 4.74 Å². The highest BCUT2D eigenvalue weighted by atomic mass is 19.1. The molecular weight excluding hydrogens is 397 g/mol. The van der Waals surface area contributed by atoms with Crippen LogP contribution in [0.3, 0.4) is 0 Å². The van der Waals surface area contributed by atoms with Gasteiger partial charge in [-0.3, -0.25) is 9.48 Å². The van der Waals surface area contributed by atoms with Gasteiger partial charge in [-0.25, -0.2) is 9.07 Å². The fraction of sp³-hybridized carbons (Fsp3) is 0.174. The molecule has 1 N–H and O–H groups in total. The molecule has 7 nitrogen and oxygen atoms in total. The molecule has 4 aromatic rings. The van der Waals surface area contributed by atoms with E-state index in [0.29, 0.717) is 12.4 Å². The van der Waals surface area contributed by atoms with E-state index in [1.54, 1.807) is 40.0 Å². The molecular formula is C23H22FN5O2. The van der Waals surface area contributed by atoms with Gasteiger partial charge in [-0.15, -0.1) is 0 Å². The van der Waals surface area contributed by atoms with Crippen molar-refractivity contribution in [1.29, 1.82) is 0 Å². The standard InChI is InChI=1S/C23H22FN5O2/c1-16-6-7-21(17(2)12-16)31-15-29-10-8-20(26-29)23(30)25-22-9-11-28(27-22)14-18-4-3-5-19(24)13-18/h3-13H,14-15H2,1-2H3,(H,25,27,30). The first-order valence-corrected chi connectivity index (χ1v) is 9.79.